The minimum absolute atomic E-state index is 0.162. The molecule has 2 aliphatic rings. The Morgan fingerprint density at radius 1 is 1.10 bits per heavy atom. The van der Waals surface area contributed by atoms with Crippen LogP contribution in [0.4, 0.5) is 0 Å². The molecular weight excluding hydrogens is 284 g/mol. The Kier molecular flexibility index (Phi) is 4.59. The van der Waals surface area contributed by atoms with Crippen LogP contribution in [-0.4, -0.2) is 11.6 Å². The van der Waals surface area contributed by atoms with E-state index in [1.54, 1.807) is 24.3 Å². The number of hydrazone groups is 1. The maximum absolute atomic E-state index is 12.0. The molecule has 4 heteroatoms. The SMILES string of the molecule is O=C(N/N=C1/CC[C@H]2CCCC[C@H]2C1)c1ccc(Cl)cc1. The summed E-state index contributed by atoms with van der Waals surface area (Å²) in [6, 6.07) is 6.87. The second kappa shape index (κ2) is 6.61. The number of nitrogens with zero attached hydrogens (tertiary/aromatic N) is 1. The molecule has 0 aromatic heterocycles. The molecule has 2 atom stereocenters. The van der Waals surface area contributed by atoms with Crippen LogP contribution in [0.25, 0.3) is 0 Å². The van der Waals surface area contributed by atoms with E-state index in [9.17, 15) is 4.79 Å². The first-order valence-electron chi connectivity index (χ1n) is 7.84. The monoisotopic (exact) mass is 304 g/mol. The summed E-state index contributed by atoms with van der Waals surface area (Å²) in [5.74, 6) is 1.52. The van der Waals surface area contributed by atoms with Gasteiger partial charge in [0.1, 0.15) is 0 Å². The maximum Gasteiger partial charge on any atom is 0.271 e. The fourth-order valence-corrected chi connectivity index (χ4v) is 3.71. The molecule has 0 unspecified atom stereocenters. The van der Waals surface area contributed by atoms with E-state index in [1.165, 1.54) is 32.1 Å². The van der Waals surface area contributed by atoms with Crippen LogP contribution in [0.5, 0.6) is 0 Å². The van der Waals surface area contributed by atoms with Crippen molar-refractivity contribution in [3.63, 3.8) is 0 Å². The van der Waals surface area contributed by atoms with Crippen molar-refractivity contribution in [3.8, 4) is 0 Å². The van der Waals surface area contributed by atoms with E-state index in [-0.39, 0.29) is 5.91 Å². The third-order valence-corrected chi connectivity index (χ3v) is 5.04. The maximum atomic E-state index is 12.0. The average molecular weight is 305 g/mol. The van der Waals surface area contributed by atoms with Crippen LogP contribution in [0.3, 0.4) is 0 Å². The Bertz CT molecular complexity index is 538. The Morgan fingerprint density at radius 3 is 2.57 bits per heavy atom. The van der Waals surface area contributed by atoms with Gasteiger partial charge in [0.25, 0.3) is 5.91 Å². The molecule has 0 aliphatic heterocycles. The second-order valence-corrected chi connectivity index (χ2v) is 6.61. The van der Waals surface area contributed by atoms with Crippen molar-refractivity contribution in [3.05, 3.63) is 34.9 Å². The number of nitrogens with one attached hydrogen (secondary N) is 1. The summed E-state index contributed by atoms with van der Waals surface area (Å²) in [4.78, 5) is 12.0. The fourth-order valence-electron chi connectivity index (χ4n) is 3.59. The molecule has 0 bridgehead atoms. The van der Waals surface area contributed by atoms with Gasteiger partial charge in [0.15, 0.2) is 0 Å². The molecular formula is C17H21ClN2O. The number of benzene rings is 1. The number of hydrogen-bond donors (Lipinski definition) is 1. The normalized spacial score (nSPS) is 27.2. The molecule has 0 saturated heterocycles. The molecule has 3 nitrogen and oxygen atoms in total. The van der Waals surface area contributed by atoms with Gasteiger partial charge >= 0.3 is 0 Å². The van der Waals surface area contributed by atoms with Gasteiger partial charge in [0.2, 0.25) is 0 Å². The molecule has 21 heavy (non-hydrogen) atoms. The van der Waals surface area contributed by atoms with Crippen LogP contribution in [-0.2, 0) is 0 Å². The minimum atomic E-state index is -0.162. The van der Waals surface area contributed by atoms with E-state index in [0.29, 0.717) is 10.6 Å². The topological polar surface area (TPSA) is 41.5 Å². The van der Waals surface area contributed by atoms with E-state index >= 15 is 0 Å². The van der Waals surface area contributed by atoms with Crippen molar-refractivity contribution < 1.29 is 4.79 Å². The van der Waals surface area contributed by atoms with Gasteiger partial charge in [-0.05, 0) is 61.8 Å². The highest BCUT2D eigenvalue weighted by Gasteiger charge is 2.30. The molecule has 112 valence electrons. The quantitative estimate of drug-likeness (QED) is 0.808. The molecule has 2 saturated carbocycles. The Labute approximate surface area is 130 Å². The first-order chi connectivity index (χ1) is 10.2. The van der Waals surface area contributed by atoms with Crippen LogP contribution in [0, 0.1) is 11.8 Å². The largest absolute Gasteiger partial charge is 0.271 e. The van der Waals surface area contributed by atoms with Crippen LogP contribution >= 0.6 is 11.6 Å². The Balaban J connectivity index is 1.58. The zero-order chi connectivity index (χ0) is 14.7. The lowest BCUT2D eigenvalue weighted by atomic mass is 9.70. The lowest BCUT2D eigenvalue weighted by molar-refractivity contribution is 0.0954. The predicted octanol–water partition coefficient (Wildman–Crippen LogP) is 4.42. The van der Waals surface area contributed by atoms with Crippen molar-refractivity contribution >= 4 is 23.2 Å². The van der Waals surface area contributed by atoms with Gasteiger partial charge < -0.3 is 0 Å². The lowest BCUT2D eigenvalue weighted by Crippen LogP contribution is -2.29. The third kappa shape index (κ3) is 3.65. The van der Waals surface area contributed by atoms with Gasteiger partial charge in [-0.15, -0.1) is 0 Å². The summed E-state index contributed by atoms with van der Waals surface area (Å²) in [5.41, 5.74) is 4.44. The van der Waals surface area contributed by atoms with Crippen LogP contribution in [0.1, 0.15) is 55.3 Å². The highest BCUT2D eigenvalue weighted by molar-refractivity contribution is 6.30. The standard InChI is InChI=1S/C17H21ClN2O/c18-15-8-5-13(6-9-15)17(21)20-19-16-10-7-12-3-1-2-4-14(12)11-16/h5-6,8-9,12,14H,1-4,7,10-11H2,(H,20,21)/b19-16-/t12-,14+/m1/s1. The summed E-state index contributed by atoms with van der Waals surface area (Å²) in [5, 5.41) is 4.99. The second-order valence-electron chi connectivity index (χ2n) is 6.17. The van der Waals surface area contributed by atoms with Crippen molar-refractivity contribution in [2.75, 3.05) is 0 Å². The predicted molar refractivity (Wildman–Crippen MR) is 85.7 cm³/mol. The molecule has 3 rings (SSSR count). The minimum Gasteiger partial charge on any atom is -0.267 e. The average Bonchev–Trinajstić information content (AvgIpc) is 2.53. The van der Waals surface area contributed by atoms with Crippen molar-refractivity contribution in [1.29, 1.82) is 0 Å². The van der Waals surface area contributed by atoms with Crippen LogP contribution < -0.4 is 5.43 Å². The van der Waals surface area contributed by atoms with E-state index in [2.05, 4.69) is 10.5 Å². The van der Waals surface area contributed by atoms with Crippen LogP contribution in [0.2, 0.25) is 5.02 Å². The van der Waals surface area contributed by atoms with E-state index in [1.807, 2.05) is 0 Å². The number of halogens is 1. The Morgan fingerprint density at radius 2 is 1.81 bits per heavy atom. The molecule has 1 aromatic rings. The van der Waals surface area contributed by atoms with Crippen molar-refractivity contribution in [2.45, 2.75) is 44.9 Å². The first-order valence-corrected chi connectivity index (χ1v) is 8.21. The van der Waals surface area contributed by atoms with Crippen molar-refractivity contribution in [1.82, 2.24) is 5.43 Å². The molecule has 1 N–H and O–H groups in total. The van der Waals surface area contributed by atoms with E-state index in [4.69, 9.17) is 11.6 Å². The van der Waals surface area contributed by atoms with E-state index in [0.717, 1.165) is 30.4 Å². The van der Waals surface area contributed by atoms with Crippen LogP contribution in [0.15, 0.2) is 29.4 Å². The van der Waals surface area contributed by atoms with Gasteiger partial charge in [0, 0.05) is 16.3 Å². The number of rotatable bonds is 2. The van der Waals surface area contributed by atoms with Gasteiger partial charge in [-0.3, -0.25) is 4.79 Å². The van der Waals surface area contributed by atoms with Gasteiger partial charge in [0.05, 0.1) is 0 Å². The molecule has 0 spiro atoms. The van der Waals surface area contributed by atoms with Gasteiger partial charge in [-0.1, -0.05) is 30.9 Å². The summed E-state index contributed by atoms with van der Waals surface area (Å²) in [7, 11) is 0. The van der Waals surface area contributed by atoms with Gasteiger partial charge in [-0.2, -0.15) is 5.10 Å². The number of carbonyl (C=O) groups excluding carboxylic acids is 1. The smallest absolute Gasteiger partial charge is 0.267 e. The summed E-state index contributed by atoms with van der Waals surface area (Å²) in [6.45, 7) is 0. The first kappa shape index (κ1) is 14.6. The highest BCUT2D eigenvalue weighted by atomic mass is 35.5. The zero-order valence-electron chi connectivity index (χ0n) is 12.1. The number of hydrogen-bond acceptors (Lipinski definition) is 2. The summed E-state index contributed by atoms with van der Waals surface area (Å²) >= 11 is 5.82. The third-order valence-electron chi connectivity index (χ3n) is 4.79. The molecule has 2 aliphatic carbocycles. The lowest BCUT2D eigenvalue weighted by Gasteiger charge is -2.35. The fraction of sp³-hybridized carbons (Fsp3) is 0.529. The number of carbonyl (C=O) groups is 1. The molecule has 0 radical (unpaired) electrons. The molecule has 0 heterocycles. The van der Waals surface area contributed by atoms with Crippen molar-refractivity contribution in [2.24, 2.45) is 16.9 Å². The highest BCUT2D eigenvalue weighted by Crippen LogP contribution is 2.39. The molecule has 1 amide bonds. The van der Waals surface area contributed by atoms with Gasteiger partial charge in [-0.25, -0.2) is 5.43 Å². The Hall–Kier alpha value is -1.35. The van der Waals surface area contributed by atoms with E-state index < -0.39 is 0 Å². The summed E-state index contributed by atoms with van der Waals surface area (Å²) < 4.78 is 0. The zero-order valence-corrected chi connectivity index (χ0v) is 12.9. The number of fused-ring (bicyclic) bond motifs is 1. The number of amides is 1. The molecule has 1 aromatic carbocycles. The molecule has 2 fully saturated rings. The summed E-state index contributed by atoms with van der Waals surface area (Å²) in [6.07, 6.45) is 8.78.